The summed E-state index contributed by atoms with van der Waals surface area (Å²) in [5.74, 6) is 0.445. The van der Waals surface area contributed by atoms with Gasteiger partial charge in [0.1, 0.15) is 0 Å². The first-order valence-corrected chi connectivity index (χ1v) is 9.31. The summed E-state index contributed by atoms with van der Waals surface area (Å²) < 4.78 is 0. The molecule has 132 valence electrons. The van der Waals surface area contributed by atoms with Crippen molar-refractivity contribution in [3.8, 4) is 0 Å². The number of piperidine rings is 1. The fraction of sp³-hybridized carbons (Fsp3) is 0.650. The molecule has 1 aromatic carbocycles. The number of benzene rings is 1. The highest BCUT2D eigenvalue weighted by atomic mass is 16.3. The first kappa shape index (κ1) is 17.4. The van der Waals surface area contributed by atoms with Crippen LogP contribution in [0.1, 0.15) is 48.5 Å². The Morgan fingerprint density at radius 2 is 1.96 bits per heavy atom. The minimum absolute atomic E-state index is 0.114. The van der Waals surface area contributed by atoms with Gasteiger partial charge in [-0.05, 0) is 57.2 Å². The average molecular weight is 330 g/mol. The molecule has 2 fully saturated rings. The summed E-state index contributed by atoms with van der Waals surface area (Å²) in [7, 11) is 0. The van der Waals surface area contributed by atoms with Gasteiger partial charge in [-0.3, -0.25) is 9.69 Å². The van der Waals surface area contributed by atoms with Crippen LogP contribution in [0.3, 0.4) is 0 Å². The number of carbonyl (C=O) groups excluding carboxylic acids is 1. The molecule has 2 saturated heterocycles. The summed E-state index contributed by atoms with van der Waals surface area (Å²) in [6.07, 6.45) is 3.85. The number of likely N-dealkylation sites (tertiary alicyclic amines) is 2. The predicted molar refractivity (Wildman–Crippen MR) is 95.9 cm³/mol. The van der Waals surface area contributed by atoms with Gasteiger partial charge in [0.15, 0.2) is 0 Å². The van der Waals surface area contributed by atoms with Crippen molar-refractivity contribution in [2.75, 3.05) is 32.7 Å². The van der Waals surface area contributed by atoms with E-state index in [9.17, 15) is 9.90 Å². The van der Waals surface area contributed by atoms with Crippen molar-refractivity contribution in [3.05, 3.63) is 34.9 Å². The Labute approximate surface area is 145 Å². The van der Waals surface area contributed by atoms with Gasteiger partial charge in [0.25, 0.3) is 0 Å². The Morgan fingerprint density at radius 1 is 1.21 bits per heavy atom. The lowest BCUT2D eigenvalue weighted by atomic mass is 9.95. The maximum absolute atomic E-state index is 12.6. The van der Waals surface area contributed by atoms with E-state index in [2.05, 4.69) is 30.0 Å². The van der Waals surface area contributed by atoms with Crippen LogP contribution < -0.4 is 0 Å². The fourth-order valence-corrected chi connectivity index (χ4v) is 4.08. The van der Waals surface area contributed by atoms with Gasteiger partial charge in [-0.15, -0.1) is 0 Å². The maximum Gasteiger partial charge on any atom is 0.226 e. The molecule has 24 heavy (non-hydrogen) atoms. The first-order chi connectivity index (χ1) is 11.5. The number of aliphatic hydroxyl groups excluding tert-OH is 1. The standard InChI is InChI=1S/C20H30N2O2/c1-15-7-8-16(2)18(12-15)19(23)14-21-9-5-6-17(13-21)20(24)22-10-3-4-11-22/h7-8,12,17,19,23H,3-6,9-11,13-14H2,1-2H3/t17-,19-/m0/s1. The second-order valence-corrected chi connectivity index (χ2v) is 7.51. The number of rotatable bonds is 4. The van der Waals surface area contributed by atoms with Gasteiger partial charge in [0.2, 0.25) is 5.91 Å². The molecule has 0 aliphatic carbocycles. The van der Waals surface area contributed by atoms with Gasteiger partial charge in [0.05, 0.1) is 12.0 Å². The van der Waals surface area contributed by atoms with Crippen LogP contribution in [0.25, 0.3) is 0 Å². The zero-order valence-corrected chi connectivity index (χ0v) is 15.0. The van der Waals surface area contributed by atoms with E-state index in [1.807, 2.05) is 11.8 Å². The van der Waals surface area contributed by atoms with Crippen molar-refractivity contribution < 1.29 is 9.90 Å². The highest BCUT2D eigenvalue weighted by Gasteiger charge is 2.31. The molecule has 0 aromatic heterocycles. The van der Waals surface area contributed by atoms with E-state index in [1.165, 1.54) is 5.56 Å². The third kappa shape index (κ3) is 3.98. The average Bonchev–Trinajstić information content (AvgIpc) is 3.11. The van der Waals surface area contributed by atoms with E-state index in [0.29, 0.717) is 12.5 Å². The smallest absolute Gasteiger partial charge is 0.226 e. The third-order valence-corrected chi connectivity index (χ3v) is 5.50. The van der Waals surface area contributed by atoms with Crippen molar-refractivity contribution in [3.63, 3.8) is 0 Å². The summed E-state index contributed by atoms with van der Waals surface area (Å²) in [5.41, 5.74) is 3.33. The normalized spacial score (nSPS) is 23.5. The third-order valence-electron chi connectivity index (χ3n) is 5.50. The van der Waals surface area contributed by atoms with Crippen molar-refractivity contribution in [2.45, 2.75) is 45.6 Å². The van der Waals surface area contributed by atoms with Gasteiger partial charge in [-0.25, -0.2) is 0 Å². The summed E-state index contributed by atoms with van der Waals surface area (Å²) >= 11 is 0. The number of aryl methyl sites for hydroxylation is 2. The van der Waals surface area contributed by atoms with Crippen LogP contribution in [0.5, 0.6) is 0 Å². The molecule has 4 nitrogen and oxygen atoms in total. The minimum Gasteiger partial charge on any atom is -0.387 e. The molecule has 0 bridgehead atoms. The Kier molecular flexibility index (Phi) is 5.57. The molecule has 1 N–H and O–H groups in total. The van der Waals surface area contributed by atoms with E-state index < -0.39 is 6.10 Å². The van der Waals surface area contributed by atoms with Crippen molar-refractivity contribution >= 4 is 5.91 Å². The number of β-amino-alcohol motifs (C(OH)–C–C–N with tert-alkyl or cyclic N) is 1. The van der Waals surface area contributed by atoms with Gasteiger partial charge < -0.3 is 10.0 Å². The van der Waals surface area contributed by atoms with Crippen LogP contribution >= 0.6 is 0 Å². The monoisotopic (exact) mass is 330 g/mol. The lowest BCUT2D eigenvalue weighted by molar-refractivity contribution is -0.136. The van der Waals surface area contributed by atoms with Crippen LogP contribution in [0.2, 0.25) is 0 Å². The highest BCUT2D eigenvalue weighted by Crippen LogP contribution is 2.25. The molecule has 2 aliphatic heterocycles. The van der Waals surface area contributed by atoms with Crippen LogP contribution in [0.4, 0.5) is 0 Å². The molecular formula is C20H30N2O2. The fourth-order valence-electron chi connectivity index (χ4n) is 4.08. The van der Waals surface area contributed by atoms with Crippen LogP contribution in [0.15, 0.2) is 18.2 Å². The zero-order valence-electron chi connectivity index (χ0n) is 15.0. The molecule has 2 heterocycles. The van der Waals surface area contributed by atoms with Crippen LogP contribution in [-0.4, -0.2) is 53.5 Å². The molecule has 2 aliphatic rings. The van der Waals surface area contributed by atoms with Gasteiger partial charge in [-0.1, -0.05) is 23.8 Å². The molecule has 2 atom stereocenters. The predicted octanol–water partition coefficient (Wildman–Crippen LogP) is 2.67. The minimum atomic E-state index is -0.481. The Hall–Kier alpha value is -1.39. The maximum atomic E-state index is 12.6. The largest absolute Gasteiger partial charge is 0.387 e. The van der Waals surface area contributed by atoms with Gasteiger partial charge in [-0.2, -0.15) is 0 Å². The number of aliphatic hydroxyl groups is 1. The number of hydrogen-bond donors (Lipinski definition) is 1. The topological polar surface area (TPSA) is 43.8 Å². The van der Waals surface area contributed by atoms with Crippen LogP contribution in [-0.2, 0) is 4.79 Å². The Bertz CT molecular complexity index is 581. The first-order valence-electron chi connectivity index (χ1n) is 9.31. The lowest BCUT2D eigenvalue weighted by Gasteiger charge is -2.35. The summed E-state index contributed by atoms with van der Waals surface area (Å²) in [6, 6.07) is 6.23. The Morgan fingerprint density at radius 3 is 2.71 bits per heavy atom. The molecule has 1 aromatic rings. The second-order valence-electron chi connectivity index (χ2n) is 7.51. The molecule has 0 spiro atoms. The van der Waals surface area contributed by atoms with E-state index in [1.54, 1.807) is 0 Å². The van der Waals surface area contributed by atoms with E-state index in [4.69, 9.17) is 0 Å². The number of amides is 1. The van der Waals surface area contributed by atoms with Crippen molar-refractivity contribution in [1.82, 2.24) is 9.80 Å². The number of nitrogens with zero attached hydrogens (tertiary/aromatic N) is 2. The SMILES string of the molecule is Cc1ccc(C)c([C@@H](O)CN2CCC[C@H](C(=O)N3CCCC3)C2)c1. The number of hydrogen-bond acceptors (Lipinski definition) is 3. The summed E-state index contributed by atoms with van der Waals surface area (Å²) in [5, 5.41) is 10.7. The second kappa shape index (κ2) is 7.66. The van der Waals surface area contributed by atoms with Gasteiger partial charge >= 0.3 is 0 Å². The Balaban J connectivity index is 1.60. The van der Waals surface area contributed by atoms with Crippen molar-refractivity contribution in [1.29, 1.82) is 0 Å². The molecule has 1 amide bonds. The summed E-state index contributed by atoms with van der Waals surface area (Å²) in [4.78, 5) is 16.9. The van der Waals surface area contributed by atoms with E-state index >= 15 is 0 Å². The molecule has 0 radical (unpaired) electrons. The van der Waals surface area contributed by atoms with E-state index in [-0.39, 0.29) is 5.92 Å². The molecule has 3 rings (SSSR count). The van der Waals surface area contributed by atoms with E-state index in [0.717, 1.165) is 63.0 Å². The molecule has 0 unspecified atom stereocenters. The van der Waals surface area contributed by atoms with Crippen molar-refractivity contribution in [2.24, 2.45) is 5.92 Å². The number of carbonyl (C=O) groups is 1. The van der Waals surface area contributed by atoms with Crippen LogP contribution in [0, 0.1) is 19.8 Å². The van der Waals surface area contributed by atoms with Gasteiger partial charge in [0, 0.05) is 26.2 Å². The molecular weight excluding hydrogens is 300 g/mol. The highest BCUT2D eigenvalue weighted by molar-refractivity contribution is 5.79. The molecule has 0 saturated carbocycles. The zero-order chi connectivity index (χ0) is 17.1. The lowest BCUT2D eigenvalue weighted by Crippen LogP contribution is -2.45. The quantitative estimate of drug-likeness (QED) is 0.923. The molecule has 4 heteroatoms. The summed E-state index contributed by atoms with van der Waals surface area (Å²) in [6.45, 7) is 8.35.